The number of fused-ring (bicyclic) bond motifs is 2. The summed E-state index contributed by atoms with van der Waals surface area (Å²) in [5.41, 5.74) is 2.28. The fourth-order valence-corrected chi connectivity index (χ4v) is 7.67. The predicted molar refractivity (Wildman–Crippen MR) is 148 cm³/mol. The first-order valence-corrected chi connectivity index (χ1v) is 19.5. The van der Waals surface area contributed by atoms with Crippen molar-refractivity contribution >= 4 is 21.2 Å². The third-order valence-corrected chi connectivity index (χ3v) is 18.5. The second-order valence-electron chi connectivity index (χ2n) is 13.5. The van der Waals surface area contributed by atoms with Crippen molar-refractivity contribution in [1.82, 2.24) is 0 Å². The summed E-state index contributed by atoms with van der Waals surface area (Å²) in [5, 5.41) is 0.250. The van der Waals surface area contributed by atoms with Gasteiger partial charge in [-0.25, -0.2) is 0 Å². The van der Waals surface area contributed by atoms with E-state index in [9.17, 15) is 0 Å². The van der Waals surface area contributed by atoms with Gasteiger partial charge in [0.1, 0.15) is 0 Å². The fraction of sp³-hybridized carbons (Fsp3) is 0.690. The second-order valence-corrected chi connectivity index (χ2v) is 23.6. The summed E-state index contributed by atoms with van der Waals surface area (Å²) in [5.74, 6) is 7.39. The molecule has 0 aliphatic heterocycles. The molecule has 1 aromatic carbocycles. The zero-order valence-corrected chi connectivity index (χ0v) is 27.1. The first-order valence-electron chi connectivity index (χ1n) is 13.0. The van der Waals surface area contributed by atoms with Gasteiger partial charge >= 0.3 is 226 Å². The number of methoxy groups -OCH3 is 1. The molecular formula is C29H46CrO3Si2. The Kier molecular flexibility index (Phi) is 8.30. The number of benzene rings is 1. The number of hydrogen-bond acceptors (Lipinski definition) is 3. The molecule has 3 rings (SSSR count). The molecule has 0 saturated heterocycles. The van der Waals surface area contributed by atoms with Crippen LogP contribution in [0.1, 0.15) is 84.1 Å². The van der Waals surface area contributed by atoms with Crippen LogP contribution in [0.2, 0.25) is 36.3 Å². The molecule has 0 heterocycles. The summed E-state index contributed by atoms with van der Waals surface area (Å²) < 4.78 is 20.7. The summed E-state index contributed by atoms with van der Waals surface area (Å²) in [4.78, 5) is 0. The molecule has 0 radical (unpaired) electrons. The van der Waals surface area contributed by atoms with Crippen LogP contribution in [-0.2, 0) is 29.4 Å². The molecule has 0 bridgehead atoms. The molecule has 1 saturated carbocycles. The van der Waals surface area contributed by atoms with Gasteiger partial charge in [0.2, 0.25) is 0 Å². The van der Waals surface area contributed by atoms with Crippen LogP contribution in [0.15, 0.2) is 24.3 Å². The normalized spacial score (nSPS) is 27.0. The summed E-state index contributed by atoms with van der Waals surface area (Å²) in [6.45, 7) is 23.4. The van der Waals surface area contributed by atoms with Gasteiger partial charge in [0.05, 0.1) is 0 Å². The standard InChI is InChI=1S/C29H46O3Si2.Cr/c1-27(2,3)33(8,9)31-25-22-16-12-13-17-23(22)26(32-34(10,11)28(4,5)6)29(20-15-21-30-7)19-14-18-24(25)29;/h12-13,16-17,24-26H,14,18-19H2,1-11H3;/t24-,25-,26+,29+;/m1./s1. The van der Waals surface area contributed by atoms with Gasteiger partial charge in [0, 0.05) is 0 Å². The van der Waals surface area contributed by atoms with Gasteiger partial charge in [0.25, 0.3) is 0 Å². The Hall–Kier alpha value is -0.504. The van der Waals surface area contributed by atoms with Gasteiger partial charge in [-0.3, -0.25) is 0 Å². The molecule has 6 heteroatoms. The van der Waals surface area contributed by atoms with E-state index in [-0.39, 0.29) is 27.7 Å². The van der Waals surface area contributed by atoms with E-state index < -0.39 is 16.6 Å². The Morgan fingerprint density at radius 1 is 0.943 bits per heavy atom. The molecule has 1 aromatic rings. The Bertz CT molecular complexity index is 1010. The molecule has 2 aliphatic rings. The monoisotopic (exact) mass is 550 g/mol. The van der Waals surface area contributed by atoms with Crippen LogP contribution in [0.25, 0.3) is 0 Å². The molecule has 0 amide bonds. The summed E-state index contributed by atoms with van der Waals surface area (Å²) in [6.07, 6.45) is 3.23. The van der Waals surface area contributed by atoms with Crippen molar-refractivity contribution in [3.8, 4) is 11.8 Å². The van der Waals surface area contributed by atoms with E-state index in [0.717, 1.165) is 19.3 Å². The number of hydrogen-bond donors (Lipinski definition) is 0. The van der Waals surface area contributed by atoms with Crippen LogP contribution in [0.4, 0.5) is 0 Å². The number of ether oxygens (including phenoxy) is 1. The Labute approximate surface area is 224 Å². The number of rotatable bonds is 5. The predicted octanol–water partition coefficient (Wildman–Crippen LogP) is 7.94. The molecular weight excluding hydrogens is 504 g/mol. The van der Waals surface area contributed by atoms with Crippen LogP contribution in [0.3, 0.4) is 0 Å². The van der Waals surface area contributed by atoms with E-state index in [1.54, 1.807) is 7.11 Å². The third-order valence-electron chi connectivity index (χ3n) is 9.21. The van der Waals surface area contributed by atoms with Crippen LogP contribution < -0.4 is 0 Å². The molecule has 35 heavy (non-hydrogen) atoms. The molecule has 2 aliphatic carbocycles. The molecule has 0 N–H and O–H groups in total. The molecule has 3 nitrogen and oxygen atoms in total. The summed E-state index contributed by atoms with van der Waals surface area (Å²) in [6, 6.07) is 8.87. The van der Waals surface area contributed by atoms with Crippen molar-refractivity contribution in [3.05, 3.63) is 35.4 Å². The molecule has 4 atom stereocenters. The van der Waals surface area contributed by atoms with Crippen LogP contribution in [-0.4, -0.2) is 28.3 Å². The van der Waals surface area contributed by atoms with Gasteiger partial charge < -0.3 is 0 Å². The van der Waals surface area contributed by atoms with E-state index in [0.29, 0.717) is 10.5 Å². The van der Waals surface area contributed by atoms with Gasteiger partial charge in [-0.2, -0.15) is 0 Å². The van der Waals surface area contributed by atoms with Gasteiger partial charge in [-0.1, -0.05) is 0 Å². The van der Waals surface area contributed by atoms with Crippen molar-refractivity contribution in [2.24, 2.45) is 11.3 Å². The van der Waals surface area contributed by atoms with E-state index >= 15 is 0 Å². The molecule has 0 spiro atoms. The Morgan fingerprint density at radius 2 is 1.49 bits per heavy atom. The van der Waals surface area contributed by atoms with Crippen LogP contribution >= 0.6 is 0 Å². The van der Waals surface area contributed by atoms with Crippen LogP contribution in [0, 0.1) is 23.2 Å². The molecule has 0 aromatic heterocycles. The Morgan fingerprint density at radius 3 is 2.03 bits per heavy atom. The van der Waals surface area contributed by atoms with Gasteiger partial charge in [-0.05, 0) is 0 Å². The average molecular weight is 551 g/mol. The topological polar surface area (TPSA) is 27.7 Å². The third kappa shape index (κ3) is 5.53. The van der Waals surface area contributed by atoms with Crippen LogP contribution in [0.5, 0.6) is 0 Å². The van der Waals surface area contributed by atoms with E-state index in [1.807, 2.05) is 0 Å². The molecule has 0 unspecified atom stereocenters. The first-order chi connectivity index (χ1) is 16.0. The summed E-state index contributed by atoms with van der Waals surface area (Å²) in [7, 11) is -2.42. The van der Waals surface area contributed by atoms with E-state index in [4.69, 9.17) is 13.6 Å². The molecule has 1 fully saturated rings. The first kappa shape index (κ1) is 29.1. The zero-order chi connectivity index (χ0) is 26.4. The van der Waals surface area contributed by atoms with E-state index in [1.165, 1.54) is 11.1 Å². The van der Waals surface area contributed by atoms with Gasteiger partial charge in [-0.15, -0.1) is 0 Å². The van der Waals surface area contributed by atoms with Crippen molar-refractivity contribution in [2.75, 3.05) is 7.11 Å². The Balaban J connectivity index is 2.25. The minimum absolute atomic E-state index is 0.0370. The van der Waals surface area contributed by atoms with Crippen molar-refractivity contribution in [3.63, 3.8) is 0 Å². The molecule has 194 valence electrons. The minimum atomic E-state index is -2.08. The van der Waals surface area contributed by atoms with Gasteiger partial charge in [0.15, 0.2) is 0 Å². The maximum atomic E-state index is 7.33. The summed E-state index contributed by atoms with van der Waals surface area (Å²) >= 11 is 2.98. The average Bonchev–Trinajstić information content (AvgIpc) is 3.17. The zero-order valence-electron chi connectivity index (χ0n) is 23.8. The fourth-order valence-electron chi connectivity index (χ4n) is 5.03. The van der Waals surface area contributed by atoms with Crippen molar-refractivity contribution < 1.29 is 29.4 Å². The SMILES string of the molecule is CO[C](=[Cr])C#C[C@@]12CCC[C@@H]1[C@H](O[Si](C)(C)C(C)(C)C)c1ccccc1[C@@H]2O[Si](C)(C)C(C)(C)C. The van der Waals surface area contributed by atoms with Crippen molar-refractivity contribution in [1.29, 1.82) is 0 Å². The second kappa shape index (κ2) is 9.99. The van der Waals surface area contributed by atoms with Crippen molar-refractivity contribution in [2.45, 2.75) is 109 Å². The maximum absolute atomic E-state index is 7.33. The quantitative estimate of drug-likeness (QED) is 0.275. The van der Waals surface area contributed by atoms with E-state index in [2.05, 4.69) is 120 Å².